The van der Waals surface area contributed by atoms with E-state index >= 15 is 0 Å². The van der Waals surface area contributed by atoms with Gasteiger partial charge in [-0.2, -0.15) is 0 Å². The summed E-state index contributed by atoms with van der Waals surface area (Å²) in [6.07, 6.45) is 1.50. The van der Waals surface area contributed by atoms with Crippen molar-refractivity contribution in [2.24, 2.45) is 0 Å². The SMILES string of the molecule is COc1cc(OC)c(OC)cc1/C=C(\NC(=O)c1ccccc1)C(=O)Nc1cccc(SCC(=O)c2ccc(OC)c(OC)c2)c1. The largest absolute Gasteiger partial charge is 0.496 e. The van der Waals surface area contributed by atoms with Crippen LogP contribution in [0.3, 0.4) is 0 Å². The Balaban J connectivity index is 1.57. The van der Waals surface area contributed by atoms with Crippen molar-refractivity contribution in [3.8, 4) is 28.7 Å². The predicted octanol–water partition coefficient (Wildman–Crippen LogP) is 6.11. The van der Waals surface area contributed by atoms with Gasteiger partial charge in [0, 0.05) is 33.3 Å². The van der Waals surface area contributed by atoms with Crippen LogP contribution in [0, 0.1) is 0 Å². The van der Waals surface area contributed by atoms with E-state index in [1.165, 1.54) is 53.4 Å². The monoisotopic (exact) mass is 642 g/mol. The second-order valence-electron chi connectivity index (χ2n) is 9.59. The van der Waals surface area contributed by atoms with E-state index in [0.717, 1.165) is 4.90 Å². The topological polar surface area (TPSA) is 121 Å². The number of nitrogens with one attached hydrogen (secondary N) is 2. The van der Waals surface area contributed by atoms with E-state index in [2.05, 4.69) is 10.6 Å². The van der Waals surface area contributed by atoms with Gasteiger partial charge in [0.2, 0.25) is 0 Å². The van der Waals surface area contributed by atoms with Crippen molar-refractivity contribution in [2.45, 2.75) is 4.90 Å². The van der Waals surface area contributed by atoms with Gasteiger partial charge in [-0.15, -0.1) is 11.8 Å². The van der Waals surface area contributed by atoms with Crippen LogP contribution in [0.4, 0.5) is 5.69 Å². The molecular formula is C35H34N2O8S. The summed E-state index contributed by atoms with van der Waals surface area (Å²) in [5.41, 5.74) is 1.76. The van der Waals surface area contributed by atoms with Gasteiger partial charge >= 0.3 is 0 Å². The number of carbonyl (C=O) groups is 3. The molecule has 2 amide bonds. The molecule has 0 atom stereocenters. The van der Waals surface area contributed by atoms with Gasteiger partial charge in [0.05, 0.1) is 41.3 Å². The van der Waals surface area contributed by atoms with Crippen molar-refractivity contribution in [1.29, 1.82) is 0 Å². The Morgan fingerprint density at radius 1 is 0.652 bits per heavy atom. The molecule has 0 heterocycles. The summed E-state index contributed by atoms with van der Waals surface area (Å²) in [6.45, 7) is 0. The number of methoxy groups -OCH3 is 5. The second kappa shape index (κ2) is 16.1. The van der Waals surface area contributed by atoms with Crippen molar-refractivity contribution < 1.29 is 38.1 Å². The van der Waals surface area contributed by atoms with Crippen LogP contribution in [0.5, 0.6) is 28.7 Å². The van der Waals surface area contributed by atoms with Gasteiger partial charge in [0.1, 0.15) is 11.4 Å². The number of hydrogen-bond acceptors (Lipinski definition) is 9. The highest BCUT2D eigenvalue weighted by atomic mass is 32.2. The summed E-state index contributed by atoms with van der Waals surface area (Å²) in [6, 6.07) is 23.9. The minimum Gasteiger partial charge on any atom is -0.496 e. The van der Waals surface area contributed by atoms with Crippen molar-refractivity contribution in [3.63, 3.8) is 0 Å². The Bertz CT molecular complexity index is 1740. The Labute approximate surface area is 271 Å². The number of Topliss-reactive ketones (excluding diaryl/α,β-unsaturated/α-hetero) is 1. The van der Waals surface area contributed by atoms with E-state index in [-0.39, 0.29) is 17.2 Å². The average molecular weight is 643 g/mol. The second-order valence-corrected chi connectivity index (χ2v) is 10.6. The smallest absolute Gasteiger partial charge is 0.272 e. The zero-order valence-electron chi connectivity index (χ0n) is 26.0. The lowest BCUT2D eigenvalue weighted by molar-refractivity contribution is -0.113. The van der Waals surface area contributed by atoms with Gasteiger partial charge in [0.15, 0.2) is 28.8 Å². The van der Waals surface area contributed by atoms with Crippen LogP contribution in [0.2, 0.25) is 0 Å². The number of ether oxygens (including phenoxy) is 5. The molecule has 0 aliphatic heterocycles. The molecule has 0 fully saturated rings. The molecule has 4 aromatic rings. The summed E-state index contributed by atoms with van der Waals surface area (Å²) >= 11 is 1.32. The summed E-state index contributed by atoms with van der Waals surface area (Å²) in [7, 11) is 7.53. The molecule has 0 aromatic heterocycles. The fourth-order valence-electron chi connectivity index (χ4n) is 4.37. The Morgan fingerprint density at radius 3 is 1.98 bits per heavy atom. The van der Waals surface area contributed by atoms with Gasteiger partial charge in [-0.25, -0.2) is 0 Å². The lowest BCUT2D eigenvalue weighted by Gasteiger charge is -2.15. The van der Waals surface area contributed by atoms with Gasteiger partial charge in [0.25, 0.3) is 11.8 Å². The molecule has 0 aliphatic rings. The molecule has 0 radical (unpaired) electrons. The van der Waals surface area contributed by atoms with Gasteiger partial charge in [-0.05, 0) is 60.7 Å². The summed E-state index contributed by atoms with van der Waals surface area (Å²) < 4.78 is 26.9. The number of rotatable bonds is 14. The zero-order valence-corrected chi connectivity index (χ0v) is 26.9. The molecule has 4 rings (SSSR count). The maximum absolute atomic E-state index is 13.7. The normalized spacial score (nSPS) is 10.8. The van der Waals surface area contributed by atoms with Gasteiger partial charge in [-0.3, -0.25) is 14.4 Å². The number of carbonyl (C=O) groups excluding carboxylic acids is 3. The van der Waals surface area contributed by atoms with Crippen molar-refractivity contribution in [3.05, 3.63) is 107 Å². The van der Waals surface area contributed by atoms with Crippen LogP contribution in [0.15, 0.2) is 95.5 Å². The third-order valence-corrected chi connectivity index (χ3v) is 7.73. The highest BCUT2D eigenvalue weighted by molar-refractivity contribution is 8.00. The Kier molecular flexibility index (Phi) is 11.7. The van der Waals surface area contributed by atoms with Crippen molar-refractivity contribution >= 4 is 41.1 Å². The van der Waals surface area contributed by atoms with E-state index in [9.17, 15) is 14.4 Å². The van der Waals surface area contributed by atoms with E-state index in [1.54, 1.807) is 78.9 Å². The van der Waals surface area contributed by atoms with Crippen LogP contribution in [0.25, 0.3) is 6.08 Å². The standard InChI is InChI=1S/C35H34N2O8S/c1-41-29-15-14-23(17-31(29)43-3)28(38)21-46-26-13-9-12-25(19-26)36-35(40)27(37-34(39)22-10-7-6-8-11-22)16-24-18-32(44-4)33(45-5)20-30(24)42-2/h6-20H,21H2,1-5H3,(H,36,40)(H,37,39)/b27-16-. The maximum Gasteiger partial charge on any atom is 0.272 e. The lowest BCUT2D eigenvalue weighted by atomic mass is 10.1. The fourth-order valence-corrected chi connectivity index (χ4v) is 5.22. The van der Waals surface area contributed by atoms with Crippen molar-refractivity contribution in [2.75, 3.05) is 46.6 Å². The molecule has 0 unspecified atom stereocenters. The molecule has 46 heavy (non-hydrogen) atoms. The quantitative estimate of drug-likeness (QED) is 0.0953. The van der Waals surface area contributed by atoms with E-state index in [0.29, 0.717) is 51.1 Å². The highest BCUT2D eigenvalue weighted by Crippen LogP contribution is 2.36. The van der Waals surface area contributed by atoms with Crippen molar-refractivity contribution in [1.82, 2.24) is 5.32 Å². The minimum atomic E-state index is -0.579. The number of benzene rings is 4. The average Bonchev–Trinajstić information content (AvgIpc) is 3.10. The molecule has 0 spiro atoms. The van der Waals surface area contributed by atoms with Gasteiger partial charge < -0.3 is 34.3 Å². The number of hydrogen-bond donors (Lipinski definition) is 2. The molecule has 11 heteroatoms. The maximum atomic E-state index is 13.7. The molecular weight excluding hydrogens is 608 g/mol. The fraction of sp³-hybridized carbons (Fsp3) is 0.171. The first-order chi connectivity index (χ1) is 22.3. The molecule has 238 valence electrons. The highest BCUT2D eigenvalue weighted by Gasteiger charge is 2.18. The predicted molar refractivity (Wildman–Crippen MR) is 178 cm³/mol. The number of amides is 2. The number of ketones is 1. The Hall–Kier alpha value is -5.42. The Morgan fingerprint density at radius 2 is 1.30 bits per heavy atom. The third-order valence-electron chi connectivity index (χ3n) is 6.73. The van der Waals surface area contributed by atoms with Crippen LogP contribution >= 0.6 is 11.8 Å². The molecule has 0 bridgehead atoms. The molecule has 0 aliphatic carbocycles. The summed E-state index contributed by atoms with van der Waals surface area (Å²) in [5, 5.41) is 5.57. The van der Waals surface area contributed by atoms with E-state index in [4.69, 9.17) is 23.7 Å². The van der Waals surface area contributed by atoms with Crippen LogP contribution < -0.4 is 34.3 Å². The first-order valence-electron chi connectivity index (χ1n) is 14.0. The minimum absolute atomic E-state index is 0.0407. The van der Waals surface area contributed by atoms with E-state index in [1.807, 2.05) is 6.07 Å². The number of thioether (sulfide) groups is 1. The lowest BCUT2D eigenvalue weighted by Crippen LogP contribution is -2.30. The van der Waals surface area contributed by atoms with Crippen LogP contribution in [-0.4, -0.2) is 58.9 Å². The molecule has 10 nitrogen and oxygen atoms in total. The molecule has 4 aromatic carbocycles. The number of anilines is 1. The van der Waals surface area contributed by atoms with E-state index < -0.39 is 11.8 Å². The first-order valence-corrected chi connectivity index (χ1v) is 15.0. The first kappa shape index (κ1) is 33.5. The third kappa shape index (κ3) is 8.39. The van der Waals surface area contributed by atoms with Crippen LogP contribution in [0.1, 0.15) is 26.3 Å². The summed E-state index contributed by atoms with van der Waals surface area (Å²) in [4.78, 5) is 40.4. The molecule has 0 saturated heterocycles. The van der Waals surface area contributed by atoms with Gasteiger partial charge in [-0.1, -0.05) is 24.3 Å². The molecule has 0 saturated carbocycles. The zero-order chi connectivity index (χ0) is 33.1. The summed E-state index contributed by atoms with van der Waals surface area (Å²) in [5.74, 6) is 1.26. The molecule has 2 N–H and O–H groups in total. The van der Waals surface area contributed by atoms with Crippen LogP contribution in [-0.2, 0) is 4.79 Å².